The van der Waals surface area contributed by atoms with Crippen molar-refractivity contribution in [2.45, 2.75) is 31.9 Å². The average Bonchev–Trinajstić information content (AvgIpc) is 2.99. The van der Waals surface area contributed by atoms with E-state index in [0.717, 1.165) is 0 Å². The molecule has 27 heavy (non-hydrogen) atoms. The van der Waals surface area contributed by atoms with Crippen LogP contribution in [-0.2, 0) is 23.1 Å². The van der Waals surface area contributed by atoms with Gasteiger partial charge in [-0.1, -0.05) is 30.3 Å². The topological polar surface area (TPSA) is 35.4 Å². The van der Waals surface area contributed by atoms with Crippen molar-refractivity contribution in [3.8, 4) is 11.3 Å². The highest BCUT2D eigenvalue weighted by Gasteiger charge is 2.20. The smallest absolute Gasteiger partial charge is 0.0719 e. The summed E-state index contributed by atoms with van der Waals surface area (Å²) in [5, 5.41) is 5.02. The molecule has 4 heteroatoms. The summed E-state index contributed by atoms with van der Waals surface area (Å²) in [5.41, 5.74) is 6.16. The summed E-state index contributed by atoms with van der Waals surface area (Å²) in [6.45, 7) is 1.84. The first-order valence-electron chi connectivity index (χ1n) is 9.77. The van der Waals surface area contributed by atoms with Gasteiger partial charge in [0.05, 0.1) is 31.0 Å². The maximum atomic E-state index is 5.77. The van der Waals surface area contributed by atoms with Crippen LogP contribution in [0.5, 0.6) is 0 Å². The zero-order valence-electron chi connectivity index (χ0n) is 16.2. The summed E-state index contributed by atoms with van der Waals surface area (Å²) < 4.78 is 13.2. The minimum Gasteiger partial charge on any atom is -0.382 e. The van der Waals surface area contributed by atoms with E-state index in [0.29, 0.717) is 25.9 Å². The Morgan fingerprint density at radius 3 is 2.59 bits per heavy atom. The van der Waals surface area contributed by atoms with Crippen molar-refractivity contribution in [3.05, 3.63) is 54.1 Å². The maximum absolute atomic E-state index is 5.77. The fourth-order valence-electron chi connectivity index (χ4n) is 3.75. The van der Waals surface area contributed by atoms with Crippen molar-refractivity contribution in [2.24, 2.45) is 7.05 Å². The Labute approximate surface area is 161 Å². The molecule has 1 aliphatic carbocycles. The lowest BCUT2D eigenvalue weighted by atomic mass is 9.92. The highest BCUT2D eigenvalue weighted by molar-refractivity contribution is 5.96. The number of nitrogens with zero attached hydrogens (tertiary/aromatic N) is 1. The SMILES string of the molecule is COCCOCc1cc(NC2CCC2)c2c(c1)cc(-c1ccccc1)n2C. The second kappa shape index (κ2) is 8.15. The number of aryl methyl sites for hydroxylation is 1. The van der Waals surface area contributed by atoms with E-state index < -0.39 is 0 Å². The third kappa shape index (κ3) is 3.87. The Morgan fingerprint density at radius 2 is 1.89 bits per heavy atom. The highest BCUT2D eigenvalue weighted by atomic mass is 16.5. The number of benzene rings is 2. The molecular weight excluding hydrogens is 336 g/mol. The minimum atomic E-state index is 0.591. The molecule has 1 saturated carbocycles. The van der Waals surface area contributed by atoms with Crippen LogP contribution in [0.4, 0.5) is 5.69 Å². The molecular formula is C23H28N2O2. The molecule has 142 valence electrons. The summed E-state index contributed by atoms with van der Waals surface area (Å²) in [4.78, 5) is 0. The molecule has 1 aromatic heterocycles. The lowest BCUT2D eigenvalue weighted by Gasteiger charge is -2.28. The third-order valence-electron chi connectivity index (χ3n) is 5.42. The van der Waals surface area contributed by atoms with E-state index in [1.165, 1.54) is 52.7 Å². The molecule has 3 aromatic rings. The van der Waals surface area contributed by atoms with Crippen LogP contribution in [0.3, 0.4) is 0 Å². The van der Waals surface area contributed by atoms with E-state index in [1.54, 1.807) is 7.11 Å². The van der Waals surface area contributed by atoms with E-state index in [2.05, 4.69) is 65.5 Å². The van der Waals surface area contributed by atoms with E-state index in [1.807, 2.05) is 0 Å². The molecule has 4 nitrogen and oxygen atoms in total. The molecule has 0 radical (unpaired) electrons. The second-order valence-corrected chi connectivity index (χ2v) is 7.35. The Bertz CT molecular complexity index is 898. The van der Waals surface area contributed by atoms with Crippen LogP contribution in [0, 0.1) is 0 Å². The minimum absolute atomic E-state index is 0.591. The second-order valence-electron chi connectivity index (χ2n) is 7.35. The largest absolute Gasteiger partial charge is 0.382 e. The van der Waals surface area contributed by atoms with Crippen molar-refractivity contribution in [3.63, 3.8) is 0 Å². The number of anilines is 1. The Kier molecular flexibility index (Phi) is 5.46. The molecule has 4 rings (SSSR count). The fourth-order valence-corrected chi connectivity index (χ4v) is 3.75. The van der Waals surface area contributed by atoms with Crippen LogP contribution in [0.25, 0.3) is 22.2 Å². The van der Waals surface area contributed by atoms with Crippen LogP contribution in [0.1, 0.15) is 24.8 Å². The van der Waals surface area contributed by atoms with Crippen LogP contribution >= 0.6 is 0 Å². The quantitative estimate of drug-likeness (QED) is 0.573. The Balaban J connectivity index is 1.71. The number of rotatable bonds is 8. The number of nitrogens with one attached hydrogen (secondary N) is 1. The lowest BCUT2D eigenvalue weighted by Crippen LogP contribution is -2.27. The number of hydrogen-bond acceptors (Lipinski definition) is 3. The monoisotopic (exact) mass is 364 g/mol. The standard InChI is InChI=1S/C23H28N2O2/c1-25-22(18-7-4-3-5-8-18)15-19-13-17(16-27-12-11-26-2)14-21(23(19)25)24-20-9-6-10-20/h3-5,7-8,13-15,20,24H,6,9-12,16H2,1-2H3. The first-order chi connectivity index (χ1) is 13.3. The van der Waals surface area contributed by atoms with Gasteiger partial charge in [-0.05, 0) is 48.6 Å². The molecule has 0 unspecified atom stereocenters. The van der Waals surface area contributed by atoms with E-state index in [4.69, 9.17) is 9.47 Å². The van der Waals surface area contributed by atoms with E-state index >= 15 is 0 Å². The number of ether oxygens (including phenoxy) is 2. The van der Waals surface area contributed by atoms with Gasteiger partial charge in [-0.2, -0.15) is 0 Å². The molecule has 0 saturated heterocycles. The van der Waals surface area contributed by atoms with Crippen molar-refractivity contribution in [1.82, 2.24) is 4.57 Å². The van der Waals surface area contributed by atoms with Gasteiger partial charge in [-0.15, -0.1) is 0 Å². The van der Waals surface area contributed by atoms with Gasteiger partial charge in [0.15, 0.2) is 0 Å². The van der Waals surface area contributed by atoms with Crippen LogP contribution in [0.2, 0.25) is 0 Å². The van der Waals surface area contributed by atoms with Crippen molar-refractivity contribution < 1.29 is 9.47 Å². The summed E-state index contributed by atoms with van der Waals surface area (Å²) in [7, 11) is 3.86. The first kappa shape index (κ1) is 18.1. The molecule has 1 N–H and O–H groups in total. The van der Waals surface area contributed by atoms with Gasteiger partial charge >= 0.3 is 0 Å². The highest BCUT2D eigenvalue weighted by Crippen LogP contribution is 2.35. The zero-order chi connectivity index (χ0) is 18.6. The molecule has 1 fully saturated rings. The molecule has 0 atom stereocenters. The van der Waals surface area contributed by atoms with Gasteiger partial charge in [-0.3, -0.25) is 0 Å². The van der Waals surface area contributed by atoms with Gasteiger partial charge in [0, 0.05) is 31.3 Å². The molecule has 0 spiro atoms. The van der Waals surface area contributed by atoms with Gasteiger partial charge in [0.25, 0.3) is 0 Å². The maximum Gasteiger partial charge on any atom is 0.0719 e. The van der Waals surface area contributed by atoms with Crippen molar-refractivity contribution in [2.75, 3.05) is 25.6 Å². The van der Waals surface area contributed by atoms with Gasteiger partial charge in [0.1, 0.15) is 0 Å². The Hall–Kier alpha value is -2.30. The van der Waals surface area contributed by atoms with Crippen LogP contribution in [-0.4, -0.2) is 30.9 Å². The van der Waals surface area contributed by atoms with E-state index in [9.17, 15) is 0 Å². The summed E-state index contributed by atoms with van der Waals surface area (Å²) in [6.07, 6.45) is 3.83. The predicted octanol–water partition coefficient (Wildman–Crippen LogP) is 4.97. The Morgan fingerprint density at radius 1 is 1.07 bits per heavy atom. The number of hydrogen-bond donors (Lipinski definition) is 1. The van der Waals surface area contributed by atoms with Crippen molar-refractivity contribution >= 4 is 16.6 Å². The third-order valence-corrected chi connectivity index (χ3v) is 5.42. The predicted molar refractivity (Wildman–Crippen MR) is 111 cm³/mol. The van der Waals surface area contributed by atoms with Crippen LogP contribution in [0.15, 0.2) is 48.5 Å². The van der Waals surface area contributed by atoms with Crippen LogP contribution < -0.4 is 5.32 Å². The van der Waals surface area contributed by atoms with Gasteiger partial charge in [0.2, 0.25) is 0 Å². The zero-order valence-corrected chi connectivity index (χ0v) is 16.2. The fraction of sp³-hybridized carbons (Fsp3) is 0.391. The molecule has 0 bridgehead atoms. The number of aromatic nitrogens is 1. The first-order valence-corrected chi connectivity index (χ1v) is 9.77. The molecule has 0 aliphatic heterocycles. The average molecular weight is 364 g/mol. The van der Waals surface area contributed by atoms with Gasteiger partial charge < -0.3 is 19.4 Å². The molecule has 2 aromatic carbocycles. The molecule has 1 heterocycles. The normalized spacial score (nSPS) is 14.4. The van der Waals surface area contributed by atoms with Gasteiger partial charge in [-0.25, -0.2) is 0 Å². The molecule has 0 amide bonds. The summed E-state index contributed by atoms with van der Waals surface area (Å²) >= 11 is 0. The number of methoxy groups -OCH3 is 1. The summed E-state index contributed by atoms with van der Waals surface area (Å²) in [5.74, 6) is 0. The summed E-state index contributed by atoms with van der Waals surface area (Å²) in [6, 6.07) is 18.0. The molecule has 1 aliphatic rings. The van der Waals surface area contributed by atoms with E-state index in [-0.39, 0.29) is 0 Å². The van der Waals surface area contributed by atoms with Crippen molar-refractivity contribution in [1.29, 1.82) is 0 Å². The lowest BCUT2D eigenvalue weighted by molar-refractivity contribution is 0.0617. The number of fused-ring (bicyclic) bond motifs is 1.